The molecule has 3 nitrogen and oxygen atoms in total. The van der Waals surface area contributed by atoms with Gasteiger partial charge in [0.25, 0.3) is 0 Å². The summed E-state index contributed by atoms with van der Waals surface area (Å²) in [6, 6.07) is 3.85. The lowest BCUT2D eigenvalue weighted by Crippen LogP contribution is -2.22. The molecule has 0 bridgehead atoms. The van der Waals surface area contributed by atoms with Crippen LogP contribution in [0.2, 0.25) is 0 Å². The number of anilines is 1. The van der Waals surface area contributed by atoms with Gasteiger partial charge in [0.1, 0.15) is 0 Å². The van der Waals surface area contributed by atoms with Crippen LogP contribution in [0, 0.1) is 0 Å². The van der Waals surface area contributed by atoms with E-state index >= 15 is 0 Å². The molecule has 0 aromatic heterocycles. The van der Waals surface area contributed by atoms with Gasteiger partial charge in [0.05, 0.1) is 5.69 Å². The van der Waals surface area contributed by atoms with Crippen LogP contribution in [0.1, 0.15) is 0 Å². The Kier molecular flexibility index (Phi) is 4.40. The summed E-state index contributed by atoms with van der Waals surface area (Å²) in [4.78, 5) is 3.82. The highest BCUT2D eigenvalue weighted by molar-refractivity contribution is 9.11. The third kappa shape index (κ3) is 2.96. The molecule has 0 saturated heterocycles. The fourth-order valence-electron chi connectivity index (χ4n) is 0.846. The van der Waals surface area contributed by atoms with Gasteiger partial charge in [0.2, 0.25) is 0 Å². The predicted molar refractivity (Wildman–Crippen MR) is 70.7 cm³/mol. The van der Waals surface area contributed by atoms with Crippen molar-refractivity contribution in [1.82, 2.24) is 0 Å². The van der Waals surface area contributed by atoms with Gasteiger partial charge in [0.15, 0.2) is 5.96 Å². The van der Waals surface area contributed by atoms with Crippen LogP contribution in [0.3, 0.4) is 0 Å². The molecule has 0 saturated carbocycles. The van der Waals surface area contributed by atoms with Crippen LogP contribution in [0.15, 0.2) is 30.5 Å². The highest BCUT2D eigenvalue weighted by atomic mass is 79.9. The van der Waals surface area contributed by atoms with E-state index in [1.807, 2.05) is 12.1 Å². The predicted octanol–water partition coefficient (Wildman–Crippen LogP) is 3.33. The first-order chi connectivity index (χ1) is 6.54. The highest BCUT2D eigenvalue weighted by Crippen LogP contribution is 2.34. The summed E-state index contributed by atoms with van der Waals surface area (Å²) >= 11 is 10.2. The molecule has 0 unspecified atom stereocenters. The Bertz CT molecular complexity index is 353. The SMILES string of the molecule is CN=C(N)Nc1c(Br)cc(Br)cc1Br. The van der Waals surface area contributed by atoms with Gasteiger partial charge in [0, 0.05) is 20.5 Å². The van der Waals surface area contributed by atoms with Crippen molar-refractivity contribution < 1.29 is 0 Å². The number of aliphatic imine (C=N–C) groups is 1. The number of nitrogens with zero attached hydrogens (tertiary/aromatic N) is 1. The van der Waals surface area contributed by atoms with Crippen molar-refractivity contribution in [2.75, 3.05) is 12.4 Å². The lowest BCUT2D eigenvalue weighted by molar-refractivity contribution is 1.37. The molecule has 0 radical (unpaired) electrons. The molecule has 0 aliphatic rings. The Morgan fingerprint density at radius 2 is 1.79 bits per heavy atom. The van der Waals surface area contributed by atoms with Gasteiger partial charge in [-0.2, -0.15) is 0 Å². The van der Waals surface area contributed by atoms with Gasteiger partial charge >= 0.3 is 0 Å². The summed E-state index contributed by atoms with van der Waals surface area (Å²) in [5.74, 6) is 0.369. The zero-order valence-corrected chi connectivity index (χ0v) is 12.1. The second kappa shape index (κ2) is 5.14. The number of benzene rings is 1. The van der Waals surface area contributed by atoms with E-state index in [9.17, 15) is 0 Å². The van der Waals surface area contributed by atoms with Gasteiger partial charge < -0.3 is 11.1 Å². The van der Waals surface area contributed by atoms with Gasteiger partial charge in [-0.1, -0.05) is 15.9 Å². The second-order valence-corrected chi connectivity index (χ2v) is 5.10. The summed E-state index contributed by atoms with van der Waals surface area (Å²) in [7, 11) is 1.63. The molecular weight excluding hydrogens is 378 g/mol. The Morgan fingerprint density at radius 3 is 2.21 bits per heavy atom. The Hall–Kier alpha value is -0.0700. The molecule has 1 aromatic carbocycles. The van der Waals surface area contributed by atoms with Crippen LogP contribution in [0.25, 0.3) is 0 Å². The van der Waals surface area contributed by atoms with Crippen molar-refractivity contribution in [2.45, 2.75) is 0 Å². The first-order valence-electron chi connectivity index (χ1n) is 3.68. The van der Waals surface area contributed by atoms with E-state index in [0.29, 0.717) is 5.96 Å². The van der Waals surface area contributed by atoms with Gasteiger partial charge in [-0.25, -0.2) is 0 Å². The van der Waals surface area contributed by atoms with Gasteiger partial charge in [-0.05, 0) is 44.0 Å². The maximum absolute atomic E-state index is 5.57. The van der Waals surface area contributed by atoms with Gasteiger partial charge in [-0.3, -0.25) is 4.99 Å². The molecular formula is C8H8Br3N3. The number of rotatable bonds is 1. The van der Waals surface area contributed by atoms with Crippen LogP contribution in [-0.4, -0.2) is 13.0 Å². The van der Waals surface area contributed by atoms with Crippen LogP contribution in [0.4, 0.5) is 5.69 Å². The van der Waals surface area contributed by atoms with E-state index in [0.717, 1.165) is 19.1 Å². The van der Waals surface area contributed by atoms with Crippen molar-refractivity contribution in [1.29, 1.82) is 0 Å². The minimum Gasteiger partial charge on any atom is -0.370 e. The maximum atomic E-state index is 5.57. The minimum atomic E-state index is 0.369. The normalized spacial score (nSPS) is 11.6. The molecule has 1 rings (SSSR count). The first kappa shape index (κ1) is 12.0. The van der Waals surface area contributed by atoms with Crippen molar-refractivity contribution in [2.24, 2.45) is 10.7 Å². The molecule has 14 heavy (non-hydrogen) atoms. The summed E-state index contributed by atoms with van der Waals surface area (Å²) < 4.78 is 2.80. The van der Waals surface area contributed by atoms with Crippen molar-refractivity contribution in [3.63, 3.8) is 0 Å². The quantitative estimate of drug-likeness (QED) is 0.575. The number of halogens is 3. The molecule has 0 spiro atoms. The standard InChI is InChI=1S/C8H8Br3N3/c1-13-8(12)14-7-5(10)2-4(9)3-6(7)11/h2-3H,1H3,(H3,12,13,14). The number of hydrogen-bond acceptors (Lipinski definition) is 1. The largest absolute Gasteiger partial charge is 0.370 e. The van der Waals surface area contributed by atoms with Crippen LogP contribution < -0.4 is 11.1 Å². The first-order valence-corrected chi connectivity index (χ1v) is 6.06. The molecule has 0 aliphatic heterocycles. The fourth-order valence-corrected chi connectivity index (χ4v) is 3.30. The molecule has 0 atom stereocenters. The maximum Gasteiger partial charge on any atom is 0.192 e. The smallest absolute Gasteiger partial charge is 0.192 e. The van der Waals surface area contributed by atoms with Crippen molar-refractivity contribution in [3.05, 3.63) is 25.6 Å². The Morgan fingerprint density at radius 1 is 1.29 bits per heavy atom. The number of nitrogens with two attached hydrogens (primary N) is 1. The van der Waals surface area contributed by atoms with E-state index in [1.165, 1.54) is 0 Å². The summed E-state index contributed by atoms with van der Waals surface area (Å²) in [6.07, 6.45) is 0. The van der Waals surface area contributed by atoms with Gasteiger partial charge in [-0.15, -0.1) is 0 Å². The molecule has 0 fully saturated rings. The van der Waals surface area contributed by atoms with Crippen molar-refractivity contribution >= 4 is 59.4 Å². The molecule has 76 valence electrons. The fraction of sp³-hybridized carbons (Fsp3) is 0.125. The monoisotopic (exact) mass is 383 g/mol. The molecule has 0 aliphatic carbocycles. The summed E-state index contributed by atoms with van der Waals surface area (Å²) in [6.45, 7) is 0. The molecule has 0 heterocycles. The molecule has 1 aromatic rings. The number of hydrogen-bond donors (Lipinski definition) is 2. The average Bonchev–Trinajstić information content (AvgIpc) is 2.10. The third-order valence-electron chi connectivity index (χ3n) is 1.50. The lowest BCUT2D eigenvalue weighted by Gasteiger charge is -2.10. The van der Waals surface area contributed by atoms with E-state index in [4.69, 9.17) is 5.73 Å². The van der Waals surface area contributed by atoms with Crippen LogP contribution in [-0.2, 0) is 0 Å². The molecule has 0 amide bonds. The third-order valence-corrected chi connectivity index (χ3v) is 3.21. The van der Waals surface area contributed by atoms with Crippen molar-refractivity contribution in [3.8, 4) is 0 Å². The summed E-state index contributed by atoms with van der Waals surface area (Å²) in [5.41, 5.74) is 6.42. The summed E-state index contributed by atoms with van der Waals surface area (Å²) in [5, 5.41) is 2.97. The van der Waals surface area contributed by atoms with E-state index in [-0.39, 0.29) is 0 Å². The van der Waals surface area contributed by atoms with E-state index < -0.39 is 0 Å². The van der Waals surface area contributed by atoms with Crippen LogP contribution in [0.5, 0.6) is 0 Å². The number of nitrogens with one attached hydrogen (secondary N) is 1. The lowest BCUT2D eigenvalue weighted by atomic mass is 10.3. The van der Waals surface area contributed by atoms with Crippen LogP contribution >= 0.6 is 47.8 Å². The molecule has 6 heteroatoms. The zero-order chi connectivity index (χ0) is 10.7. The number of guanidine groups is 1. The Balaban J connectivity index is 3.09. The van der Waals surface area contributed by atoms with E-state index in [1.54, 1.807) is 7.05 Å². The topological polar surface area (TPSA) is 50.4 Å². The Labute approximate surface area is 108 Å². The highest BCUT2D eigenvalue weighted by Gasteiger charge is 2.06. The van der Waals surface area contributed by atoms with E-state index in [2.05, 4.69) is 58.1 Å². The average molecular weight is 386 g/mol. The second-order valence-electron chi connectivity index (χ2n) is 2.48. The molecule has 3 N–H and O–H groups in total. The zero-order valence-electron chi connectivity index (χ0n) is 7.31. The minimum absolute atomic E-state index is 0.369.